The van der Waals surface area contributed by atoms with Gasteiger partial charge in [0.05, 0.1) is 24.7 Å². The van der Waals surface area contributed by atoms with E-state index in [-0.39, 0.29) is 24.7 Å². The number of allylic oxidation sites excluding steroid dienone is 1. The Hall–Kier alpha value is -3.61. The zero-order chi connectivity index (χ0) is 24.1. The molecule has 2 aromatic carbocycles. The van der Waals surface area contributed by atoms with Crippen molar-refractivity contribution in [2.45, 2.75) is 58.1 Å². The van der Waals surface area contributed by atoms with Crippen LogP contribution in [0.25, 0.3) is 0 Å². The van der Waals surface area contributed by atoms with Crippen LogP contribution in [0.1, 0.15) is 56.7 Å². The zero-order valence-electron chi connectivity index (χ0n) is 19.6. The van der Waals surface area contributed by atoms with Crippen LogP contribution in [0.3, 0.4) is 0 Å². The molecule has 34 heavy (non-hydrogen) atoms. The molecule has 4 rings (SSSR count). The van der Waals surface area contributed by atoms with Gasteiger partial charge in [-0.15, -0.1) is 0 Å². The molecule has 1 aliphatic carbocycles. The van der Waals surface area contributed by atoms with E-state index in [1.807, 2.05) is 54.6 Å². The monoisotopic (exact) mass is 462 g/mol. The lowest BCUT2D eigenvalue weighted by atomic mass is 9.93. The molecule has 0 radical (unpaired) electrons. The fraction of sp³-hybridized carbons (Fsp3) is 0.370. The topological polar surface area (TPSA) is 84.9 Å². The van der Waals surface area contributed by atoms with Crippen molar-refractivity contribution < 1.29 is 23.9 Å². The Morgan fingerprint density at radius 2 is 1.71 bits per heavy atom. The number of nitrogens with zero attached hydrogens (tertiary/aromatic N) is 1. The molecule has 2 aromatic rings. The SMILES string of the molecule is CCOC(=O)C1=C(C)NC(=O)N(C(=O)Cc2ccccc2)[C@@H]1c1ccc(OC2CCCC2)cc1. The van der Waals surface area contributed by atoms with E-state index >= 15 is 0 Å². The van der Waals surface area contributed by atoms with Gasteiger partial charge in [-0.2, -0.15) is 0 Å². The largest absolute Gasteiger partial charge is 0.490 e. The van der Waals surface area contributed by atoms with Gasteiger partial charge in [-0.05, 0) is 62.8 Å². The maximum Gasteiger partial charge on any atom is 0.338 e. The summed E-state index contributed by atoms with van der Waals surface area (Å²) in [5.41, 5.74) is 2.04. The quantitative estimate of drug-likeness (QED) is 0.604. The summed E-state index contributed by atoms with van der Waals surface area (Å²) < 4.78 is 11.3. The Balaban J connectivity index is 1.68. The molecule has 178 valence electrons. The number of imide groups is 1. The van der Waals surface area contributed by atoms with Gasteiger partial charge in [0.2, 0.25) is 5.91 Å². The summed E-state index contributed by atoms with van der Waals surface area (Å²) in [4.78, 5) is 40.4. The van der Waals surface area contributed by atoms with Crippen molar-refractivity contribution in [3.8, 4) is 5.75 Å². The second kappa shape index (κ2) is 10.5. The molecular formula is C27H30N2O5. The van der Waals surface area contributed by atoms with Crippen molar-refractivity contribution >= 4 is 17.9 Å². The predicted octanol–water partition coefficient (Wildman–Crippen LogP) is 4.68. The van der Waals surface area contributed by atoms with Crippen molar-refractivity contribution in [1.29, 1.82) is 0 Å². The van der Waals surface area contributed by atoms with Gasteiger partial charge < -0.3 is 14.8 Å². The minimum absolute atomic E-state index is 0.0305. The van der Waals surface area contributed by atoms with Gasteiger partial charge in [0.15, 0.2) is 0 Å². The van der Waals surface area contributed by atoms with Gasteiger partial charge in [-0.3, -0.25) is 9.69 Å². The molecule has 1 atom stereocenters. The highest BCUT2D eigenvalue weighted by Gasteiger charge is 2.41. The Kier molecular flexibility index (Phi) is 7.30. The molecule has 0 unspecified atom stereocenters. The minimum atomic E-state index is -0.899. The van der Waals surface area contributed by atoms with Gasteiger partial charge in [0, 0.05) is 5.70 Å². The normalized spacial score (nSPS) is 18.6. The number of urea groups is 1. The number of carbonyl (C=O) groups is 3. The summed E-state index contributed by atoms with van der Waals surface area (Å²) in [5, 5.41) is 2.67. The van der Waals surface area contributed by atoms with Crippen molar-refractivity contribution in [1.82, 2.24) is 10.2 Å². The average Bonchev–Trinajstić information content (AvgIpc) is 3.33. The first-order valence-electron chi connectivity index (χ1n) is 11.8. The van der Waals surface area contributed by atoms with Crippen LogP contribution in [-0.2, 0) is 20.7 Å². The van der Waals surface area contributed by atoms with Gasteiger partial charge in [0.25, 0.3) is 0 Å². The van der Waals surface area contributed by atoms with Crippen molar-refractivity contribution in [3.05, 3.63) is 77.0 Å². The second-order valence-electron chi connectivity index (χ2n) is 8.61. The number of hydrogen-bond donors (Lipinski definition) is 1. The number of rotatable bonds is 7. The molecule has 1 saturated carbocycles. The lowest BCUT2D eigenvalue weighted by molar-refractivity contribution is -0.140. The molecule has 0 saturated heterocycles. The molecule has 1 heterocycles. The van der Waals surface area contributed by atoms with E-state index in [0.29, 0.717) is 11.3 Å². The fourth-order valence-electron chi connectivity index (χ4n) is 4.57. The van der Waals surface area contributed by atoms with E-state index in [1.54, 1.807) is 13.8 Å². The molecule has 7 nitrogen and oxygen atoms in total. The lowest BCUT2D eigenvalue weighted by Crippen LogP contribution is -2.51. The maximum absolute atomic E-state index is 13.4. The molecule has 7 heteroatoms. The lowest BCUT2D eigenvalue weighted by Gasteiger charge is -2.36. The molecule has 3 amide bonds. The number of nitrogens with one attached hydrogen (secondary N) is 1. The number of esters is 1. The highest BCUT2D eigenvalue weighted by Crippen LogP contribution is 2.36. The van der Waals surface area contributed by atoms with Gasteiger partial charge in [-0.25, -0.2) is 9.59 Å². The van der Waals surface area contributed by atoms with Crippen molar-refractivity contribution in [2.24, 2.45) is 0 Å². The van der Waals surface area contributed by atoms with E-state index in [9.17, 15) is 14.4 Å². The van der Waals surface area contributed by atoms with Crippen LogP contribution in [0.5, 0.6) is 5.75 Å². The van der Waals surface area contributed by atoms with Crippen LogP contribution in [0.4, 0.5) is 4.79 Å². The van der Waals surface area contributed by atoms with Crippen LogP contribution in [0.2, 0.25) is 0 Å². The molecular weight excluding hydrogens is 432 g/mol. The van der Waals surface area contributed by atoms with E-state index in [2.05, 4.69) is 5.32 Å². The molecule has 1 fully saturated rings. The van der Waals surface area contributed by atoms with Crippen LogP contribution in [0.15, 0.2) is 65.9 Å². The highest BCUT2D eigenvalue weighted by atomic mass is 16.5. The molecule has 1 aliphatic heterocycles. The number of benzene rings is 2. The minimum Gasteiger partial charge on any atom is -0.490 e. The summed E-state index contributed by atoms with van der Waals surface area (Å²) in [6.45, 7) is 3.55. The number of carbonyl (C=O) groups excluding carboxylic acids is 3. The van der Waals surface area contributed by atoms with Crippen LogP contribution >= 0.6 is 0 Å². The molecule has 1 N–H and O–H groups in total. The third-order valence-electron chi connectivity index (χ3n) is 6.21. The van der Waals surface area contributed by atoms with Crippen LogP contribution in [-0.4, -0.2) is 35.5 Å². The Morgan fingerprint density at radius 1 is 1.03 bits per heavy atom. The van der Waals surface area contributed by atoms with Crippen molar-refractivity contribution in [3.63, 3.8) is 0 Å². The fourth-order valence-corrected chi connectivity index (χ4v) is 4.57. The Labute approximate surface area is 199 Å². The third-order valence-corrected chi connectivity index (χ3v) is 6.21. The number of ether oxygens (including phenoxy) is 2. The molecule has 0 spiro atoms. The van der Waals surface area contributed by atoms with Crippen LogP contribution < -0.4 is 10.1 Å². The average molecular weight is 463 g/mol. The van der Waals surface area contributed by atoms with E-state index < -0.39 is 23.9 Å². The van der Waals surface area contributed by atoms with E-state index in [0.717, 1.165) is 29.1 Å². The van der Waals surface area contributed by atoms with Gasteiger partial charge >= 0.3 is 12.0 Å². The van der Waals surface area contributed by atoms with Gasteiger partial charge in [-0.1, -0.05) is 42.5 Å². The zero-order valence-corrected chi connectivity index (χ0v) is 19.6. The van der Waals surface area contributed by atoms with E-state index in [4.69, 9.17) is 9.47 Å². The standard InChI is InChI=1S/C27H30N2O5/c1-3-33-26(31)24-18(2)28-27(32)29(23(30)17-19-9-5-4-6-10-19)25(24)20-13-15-22(16-14-20)34-21-11-7-8-12-21/h4-6,9-10,13-16,21,25H,3,7-8,11-12,17H2,1-2H3,(H,28,32)/t25-/m1/s1. The summed E-state index contributed by atoms with van der Waals surface area (Å²) in [6.07, 6.45) is 4.68. The predicted molar refractivity (Wildman–Crippen MR) is 127 cm³/mol. The third kappa shape index (κ3) is 5.14. The first kappa shape index (κ1) is 23.5. The van der Waals surface area contributed by atoms with Crippen molar-refractivity contribution in [2.75, 3.05) is 6.61 Å². The second-order valence-corrected chi connectivity index (χ2v) is 8.61. The first-order valence-corrected chi connectivity index (χ1v) is 11.8. The van der Waals surface area contributed by atoms with Crippen LogP contribution in [0, 0.1) is 0 Å². The first-order chi connectivity index (χ1) is 16.5. The highest BCUT2D eigenvalue weighted by molar-refractivity contribution is 6.02. The maximum atomic E-state index is 13.4. The number of amides is 3. The molecule has 0 aromatic heterocycles. The van der Waals surface area contributed by atoms with E-state index in [1.165, 1.54) is 12.8 Å². The Morgan fingerprint density at radius 3 is 2.35 bits per heavy atom. The number of hydrogen-bond acceptors (Lipinski definition) is 5. The smallest absolute Gasteiger partial charge is 0.338 e. The molecule has 0 bridgehead atoms. The molecule has 2 aliphatic rings. The Bertz CT molecular complexity index is 1070. The summed E-state index contributed by atoms with van der Waals surface area (Å²) in [7, 11) is 0. The summed E-state index contributed by atoms with van der Waals surface area (Å²) >= 11 is 0. The summed E-state index contributed by atoms with van der Waals surface area (Å²) in [5.74, 6) is -0.237. The summed E-state index contributed by atoms with van der Waals surface area (Å²) in [6, 6.07) is 15.0. The van der Waals surface area contributed by atoms with Gasteiger partial charge in [0.1, 0.15) is 11.8 Å².